The van der Waals surface area contributed by atoms with Gasteiger partial charge in [0.1, 0.15) is 6.04 Å². The minimum Gasteiger partial charge on any atom is -0.322 e. The second-order valence-electron chi connectivity index (χ2n) is 7.17. The predicted octanol–water partition coefficient (Wildman–Crippen LogP) is -0.240. The quantitative estimate of drug-likeness (QED) is 0.389. The molecular formula is C20H22N4O3. The minimum atomic E-state index is -0.569. The van der Waals surface area contributed by atoms with Crippen molar-refractivity contribution in [3.8, 4) is 11.8 Å². The van der Waals surface area contributed by atoms with E-state index in [4.69, 9.17) is 0 Å². The van der Waals surface area contributed by atoms with E-state index in [9.17, 15) is 14.4 Å². The van der Waals surface area contributed by atoms with E-state index >= 15 is 0 Å². The summed E-state index contributed by atoms with van der Waals surface area (Å²) in [6.45, 7) is 3.68. The summed E-state index contributed by atoms with van der Waals surface area (Å²) in [6.07, 6.45) is 0.650. The summed E-state index contributed by atoms with van der Waals surface area (Å²) in [5.74, 6) is 6.04. The molecule has 2 saturated heterocycles. The van der Waals surface area contributed by atoms with Gasteiger partial charge >= 0.3 is 0 Å². The highest BCUT2D eigenvalue weighted by Crippen LogP contribution is 2.28. The number of imide groups is 1. The van der Waals surface area contributed by atoms with Crippen LogP contribution in [0.25, 0.3) is 0 Å². The van der Waals surface area contributed by atoms with Gasteiger partial charge in [0.15, 0.2) is 0 Å². The number of amides is 3. The van der Waals surface area contributed by atoms with E-state index in [0.29, 0.717) is 37.5 Å². The molecule has 1 aromatic rings. The zero-order chi connectivity index (χ0) is 18.8. The number of hydrogen-bond donors (Lipinski definition) is 3. The fourth-order valence-electron chi connectivity index (χ4n) is 3.59. The highest BCUT2D eigenvalue weighted by atomic mass is 16.2. The summed E-state index contributed by atoms with van der Waals surface area (Å²) in [7, 11) is 0. The first-order valence-electron chi connectivity index (χ1n) is 9.28. The van der Waals surface area contributed by atoms with E-state index in [2.05, 4.69) is 27.8 Å². The monoisotopic (exact) mass is 366 g/mol. The summed E-state index contributed by atoms with van der Waals surface area (Å²) in [4.78, 5) is 37.6. The molecule has 0 aliphatic carbocycles. The molecule has 2 fully saturated rings. The number of nitrogens with one attached hydrogen (secondary N) is 3. The molecule has 7 nitrogen and oxygen atoms in total. The van der Waals surface area contributed by atoms with E-state index in [-0.39, 0.29) is 24.1 Å². The van der Waals surface area contributed by atoms with Crippen LogP contribution in [-0.2, 0) is 22.7 Å². The van der Waals surface area contributed by atoms with Gasteiger partial charge in [-0.3, -0.25) is 19.7 Å². The Morgan fingerprint density at radius 3 is 2.81 bits per heavy atom. The summed E-state index contributed by atoms with van der Waals surface area (Å²) in [5, 5.41) is 8.81. The first kappa shape index (κ1) is 17.7. The van der Waals surface area contributed by atoms with Crippen LogP contribution in [-0.4, -0.2) is 48.3 Å². The Morgan fingerprint density at radius 2 is 2.07 bits per heavy atom. The molecule has 3 N–H and O–H groups in total. The summed E-state index contributed by atoms with van der Waals surface area (Å²) in [6, 6.07) is 5.20. The molecule has 0 aromatic heterocycles. The second-order valence-corrected chi connectivity index (χ2v) is 7.17. The van der Waals surface area contributed by atoms with Crippen LogP contribution < -0.4 is 16.0 Å². The van der Waals surface area contributed by atoms with Crippen molar-refractivity contribution in [2.75, 3.05) is 19.6 Å². The van der Waals surface area contributed by atoms with Crippen LogP contribution in [0.3, 0.4) is 0 Å². The molecule has 27 heavy (non-hydrogen) atoms. The first-order chi connectivity index (χ1) is 13.1. The zero-order valence-corrected chi connectivity index (χ0v) is 15.0. The molecule has 3 heterocycles. The summed E-state index contributed by atoms with van der Waals surface area (Å²) >= 11 is 0. The Kier molecular flexibility index (Phi) is 4.92. The third kappa shape index (κ3) is 3.72. The third-order valence-corrected chi connectivity index (χ3v) is 5.22. The van der Waals surface area contributed by atoms with Gasteiger partial charge in [-0.15, -0.1) is 0 Å². The minimum absolute atomic E-state index is 0.140. The van der Waals surface area contributed by atoms with Gasteiger partial charge in [0.2, 0.25) is 11.8 Å². The molecule has 140 valence electrons. The topological polar surface area (TPSA) is 90.5 Å². The molecule has 1 atom stereocenters. The number of hydrogen-bond acceptors (Lipinski definition) is 5. The molecule has 0 radical (unpaired) electrons. The largest absolute Gasteiger partial charge is 0.322 e. The Hall–Kier alpha value is -2.69. The zero-order valence-electron chi connectivity index (χ0n) is 15.0. The average Bonchev–Trinajstić information content (AvgIpc) is 2.92. The molecule has 7 heteroatoms. The van der Waals surface area contributed by atoms with E-state index in [1.54, 1.807) is 4.90 Å². The van der Waals surface area contributed by atoms with Gasteiger partial charge in [0, 0.05) is 44.1 Å². The van der Waals surface area contributed by atoms with Crippen molar-refractivity contribution < 1.29 is 14.4 Å². The molecule has 1 unspecified atom stereocenters. The Bertz CT molecular complexity index is 851. The molecule has 0 bridgehead atoms. The van der Waals surface area contributed by atoms with Crippen molar-refractivity contribution in [2.45, 2.75) is 32.0 Å². The van der Waals surface area contributed by atoms with Gasteiger partial charge in [0.05, 0.1) is 6.54 Å². The van der Waals surface area contributed by atoms with Crippen LogP contribution in [0.2, 0.25) is 0 Å². The Labute approximate surface area is 157 Å². The number of nitrogens with zero attached hydrogens (tertiary/aromatic N) is 1. The van der Waals surface area contributed by atoms with Crippen molar-refractivity contribution in [3.63, 3.8) is 0 Å². The lowest BCUT2D eigenvalue weighted by molar-refractivity contribution is -0.136. The smallest absolute Gasteiger partial charge is 0.255 e. The lowest BCUT2D eigenvalue weighted by Crippen LogP contribution is -2.52. The lowest BCUT2D eigenvalue weighted by Gasteiger charge is -2.29. The van der Waals surface area contributed by atoms with E-state index in [1.165, 1.54) is 0 Å². The van der Waals surface area contributed by atoms with Crippen molar-refractivity contribution >= 4 is 17.7 Å². The fraction of sp³-hybridized carbons (Fsp3) is 0.450. The average molecular weight is 366 g/mol. The molecular weight excluding hydrogens is 344 g/mol. The Balaban J connectivity index is 1.36. The van der Waals surface area contributed by atoms with Crippen LogP contribution >= 0.6 is 0 Å². The SMILES string of the molecule is O=C1CCC(N2Cc3cc(CNCC#CC4CNC4)ccc3C2=O)C(=O)N1. The lowest BCUT2D eigenvalue weighted by atomic mass is 10.0. The van der Waals surface area contributed by atoms with Crippen LogP contribution in [0.1, 0.15) is 34.3 Å². The maximum absolute atomic E-state index is 12.7. The van der Waals surface area contributed by atoms with Gasteiger partial charge < -0.3 is 15.5 Å². The van der Waals surface area contributed by atoms with Gasteiger partial charge in [-0.05, 0) is 23.6 Å². The summed E-state index contributed by atoms with van der Waals surface area (Å²) < 4.78 is 0. The van der Waals surface area contributed by atoms with Gasteiger partial charge in [-0.25, -0.2) is 0 Å². The maximum Gasteiger partial charge on any atom is 0.255 e. The molecule has 3 aliphatic rings. The number of benzene rings is 1. The van der Waals surface area contributed by atoms with Gasteiger partial charge in [-0.1, -0.05) is 24.0 Å². The molecule has 1 aromatic carbocycles. The van der Waals surface area contributed by atoms with E-state index in [0.717, 1.165) is 24.2 Å². The first-order valence-corrected chi connectivity index (χ1v) is 9.28. The van der Waals surface area contributed by atoms with Crippen molar-refractivity contribution in [3.05, 3.63) is 34.9 Å². The van der Waals surface area contributed by atoms with Crippen molar-refractivity contribution in [1.29, 1.82) is 0 Å². The number of carbonyl (C=O) groups excluding carboxylic acids is 3. The Morgan fingerprint density at radius 1 is 1.22 bits per heavy atom. The highest BCUT2D eigenvalue weighted by molar-refractivity contribution is 6.05. The molecule has 3 aliphatic heterocycles. The number of carbonyl (C=O) groups is 3. The van der Waals surface area contributed by atoms with Crippen LogP contribution in [0.4, 0.5) is 0 Å². The molecule has 4 rings (SSSR count). The van der Waals surface area contributed by atoms with Gasteiger partial charge in [0.25, 0.3) is 5.91 Å². The van der Waals surface area contributed by atoms with E-state index in [1.807, 2.05) is 18.2 Å². The standard InChI is InChI=1S/C20H22N4O3/c25-18-6-5-17(19(26)23-18)24-12-15-8-13(3-4-16(15)20(24)27)9-21-7-1-2-14-10-22-11-14/h3-4,8,14,17,21-22H,5-7,9-12H2,(H,23,25,26). The molecule has 0 spiro atoms. The van der Waals surface area contributed by atoms with Crippen LogP contribution in [0.15, 0.2) is 18.2 Å². The summed E-state index contributed by atoms with van der Waals surface area (Å²) in [5.41, 5.74) is 2.65. The molecule has 0 saturated carbocycles. The van der Waals surface area contributed by atoms with Crippen LogP contribution in [0.5, 0.6) is 0 Å². The second kappa shape index (κ2) is 7.51. The normalized spacial score (nSPS) is 22.0. The van der Waals surface area contributed by atoms with Crippen molar-refractivity contribution in [1.82, 2.24) is 20.9 Å². The molecule has 3 amide bonds. The fourth-order valence-corrected chi connectivity index (χ4v) is 3.59. The van der Waals surface area contributed by atoms with Gasteiger partial charge in [-0.2, -0.15) is 0 Å². The number of piperidine rings is 1. The maximum atomic E-state index is 12.7. The highest BCUT2D eigenvalue weighted by Gasteiger charge is 2.38. The van der Waals surface area contributed by atoms with Crippen LogP contribution in [0, 0.1) is 17.8 Å². The van der Waals surface area contributed by atoms with Crippen molar-refractivity contribution in [2.24, 2.45) is 5.92 Å². The number of rotatable bonds is 4. The predicted molar refractivity (Wildman–Crippen MR) is 98.3 cm³/mol. The third-order valence-electron chi connectivity index (χ3n) is 5.22. The van der Waals surface area contributed by atoms with E-state index < -0.39 is 6.04 Å². The number of fused-ring (bicyclic) bond motifs is 1.